The van der Waals surface area contributed by atoms with Gasteiger partial charge in [0.05, 0.1) is 13.0 Å². The molecule has 0 radical (unpaired) electrons. The number of carbonyl (C=O) groups excluding carboxylic acids is 2. The van der Waals surface area contributed by atoms with Gasteiger partial charge in [0.25, 0.3) is 0 Å². The molecular formula is C16H25F3N2O3. The minimum absolute atomic E-state index is 0.0817. The van der Waals surface area contributed by atoms with Gasteiger partial charge in [-0.25, -0.2) is 0 Å². The van der Waals surface area contributed by atoms with E-state index in [0.717, 1.165) is 12.8 Å². The van der Waals surface area contributed by atoms with E-state index in [1.807, 2.05) is 0 Å². The summed E-state index contributed by atoms with van der Waals surface area (Å²) in [5.41, 5.74) is -0.187. The number of hydrogen-bond acceptors (Lipinski definition) is 3. The van der Waals surface area contributed by atoms with Gasteiger partial charge in [-0.05, 0) is 19.3 Å². The van der Waals surface area contributed by atoms with Crippen LogP contribution in [-0.2, 0) is 14.3 Å². The van der Waals surface area contributed by atoms with Gasteiger partial charge in [-0.1, -0.05) is 0 Å². The summed E-state index contributed by atoms with van der Waals surface area (Å²) in [6, 6.07) is 0. The average molecular weight is 350 g/mol. The van der Waals surface area contributed by atoms with Crippen molar-refractivity contribution in [3.8, 4) is 0 Å². The first-order valence-corrected chi connectivity index (χ1v) is 8.36. The summed E-state index contributed by atoms with van der Waals surface area (Å²) < 4.78 is 42.0. The molecule has 2 aliphatic heterocycles. The number of methoxy groups -OCH3 is 1. The van der Waals surface area contributed by atoms with E-state index in [4.69, 9.17) is 4.74 Å². The molecule has 0 aliphatic carbocycles. The second kappa shape index (κ2) is 7.72. The molecule has 138 valence electrons. The maximum atomic E-state index is 12.3. The lowest BCUT2D eigenvalue weighted by molar-refractivity contribution is -0.153. The van der Waals surface area contributed by atoms with Crippen molar-refractivity contribution in [2.75, 3.05) is 39.9 Å². The first kappa shape index (κ1) is 19.0. The third-order valence-corrected chi connectivity index (χ3v) is 4.95. The number of rotatable bonds is 5. The van der Waals surface area contributed by atoms with E-state index in [2.05, 4.69) is 0 Å². The summed E-state index contributed by atoms with van der Waals surface area (Å²) in [5.74, 6) is -0.357. The number of amides is 2. The lowest BCUT2D eigenvalue weighted by atomic mass is 9.73. The van der Waals surface area contributed by atoms with Crippen LogP contribution in [0.15, 0.2) is 0 Å². The van der Waals surface area contributed by atoms with Crippen LogP contribution in [0.4, 0.5) is 13.2 Å². The monoisotopic (exact) mass is 350 g/mol. The van der Waals surface area contributed by atoms with Gasteiger partial charge in [0.1, 0.15) is 0 Å². The Morgan fingerprint density at radius 1 is 1.29 bits per heavy atom. The largest absolute Gasteiger partial charge is 0.389 e. The van der Waals surface area contributed by atoms with E-state index >= 15 is 0 Å². The number of ether oxygens (including phenoxy) is 1. The molecule has 2 rings (SSSR count). The third-order valence-electron chi connectivity index (χ3n) is 4.95. The van der Waals surface area contributed by atoms with Crippen LogP contribution in [0.2, 0.25) is 0 Å². The zero-order valence-electron chi connectivity index (χ0n) is 14.0. The number of alkyl halides is 3. The fourth-order valence-corrected chi connectivity index (χ4v) is 3.67. The van der Waals surface area contributed by atoms with E-state index in [9.17, 15) is 22.8 Å². The van der Waals surface area contributed by atoms with E-state index in [-0.39, 0.29) is 11.3 Å². The predicted octanol–water partition coefficient (Wildman–Crippen LogP) is 2.21. The van der Waals surface area contributed by atoms with Crippen LogP contribution in [-0.4, -0.2) is 67.7 Å². The Kier molecular flexibility index (Phi) is 6.11. The van der Waals surface area contributed by atoms with Gasteiger partial charge >= 0.3 is 6.18 Å². The Balaban J connectivity index is 1.95. The summed E-state index contributed by atoms with van der Waals surface area (Å²) in [6.07, 6.45) is -3.10. The molecule has 0 saturated carbocycles. The topological polar surface area (TPSA) is 49.9 Å². The molecule has 1 atom stereocenters. The molecule has 2 aliphatic rings. The maximum Gasteiger partial charge on any atom is 0.389 e. The number of piperidine rings is 2. The van der Waals surface area contributed by atoms with Crippen LogP contribution < -0.4 is 0 Å². The number of halogens is 3. The van der Waals surface area contributed by atoms with Crippen LogP contribution in [0.25, 0.3) is 0 Å². The fourth-order valence-electron chi connectivity index (χ4n) is 3.67. The molecule has 0 aromatic carbocycles. The smallest absolute Gasteiger partial charge is 0.383 e. The molecule has 2 saturated heterocycles. The van der Waals surface area contributed by atoms with Gasteiger partial charge in [-0.3, -0.25) is 9.59 Å². The highest BCUT2D eigenvalue weighted by Crippen LogP contribution is 2.39. The number of nitrogens with zero attached hydrogens (tertiary/aromatic N) is 2. The van der Waals surface area contributed by atoms with Gasteiger partial charge in [0.2, 0.25) is 11.8 Å². The first-order valence-electron chi connectivity index (χ1n) is 8.36. The quantitative estimate of drug-likeness (QED) is 0.764. The zero-order valence-corrected chi connectivity index (χ0v) is 14.0. The summed E-state index contributed by atoms with van der Waals surface area (Å²) in [6.45, 7) is 2.47. The van der Waals surface area contributed by atoms with Crippen molar-refractivity contribution in [3.05, 3.63) is 0 Å². The van der Waals surface area contributed by atoms with Gasteiger partial charge in [0, 0.05) is 51.5 Å². The molecule has 8 heteroatoms. The third kappa shape index (κ3) is 5.09. The van der Waals surface area contributed by atoms with E-state index in [1.165, 1.54) is 0 Å². The Morgan fingerprint density at radius 2 is 2.04 bits per heavy atom. The van der Waals surface area contributed by atoms with Crippen LogP contribution in [0, 0.1) is 5.41 Å². The average Bonchev–Trinajstić information content (AvgIpc) is 2.53. The molecule has 0 aromatic rings. The van der Waals surface area contributed by atoms with E-state index in [0.29, 0.717) is 45.6 Å². The molecule has 1 spiro atoms. The fraction of sp³-hybridized carbons (Fsp3) is 0.875. The molecule has 0 unspecified atom stereocenters. The van der Waals surface area contributed by atoms with Crippen LogP contribution >= 0.6 is 0 Å². The minimum atomic E-state index is -4.31. The normalized spacial score (nSPS) is 25.4. The highest BCUT2D eigenvalue weighted by molar-refractivity contribution is 5.78. The van der Waals surface area contributed by atoms with Gasteiger partial charge in [-0.15, -0.1) is 0 Å². The van der Waals surface area contributed by atoms with Crippen molar-refractivity contribution in [1.29, 1.82) is 0 Å². The molecule has 2 fully saturated rings. The molecule has 0 N–H and O–H groups in total. The summed E-state index contributed by atoms with van der Waals surface area (Å²) >= 11 is 0. The van der Waals surface area contributed by atoms with E-state index in [1.54, 1.807) is 16.9 Å². The number of hydrogen-bond donors (Lipinski definition) is 0. The highest BCUT2D eigenvalue weighted by Gasteiger charge is 2.42. The second-order valence-corrected chi connectivity index (χ2v) is 6.84. The van der Waals surface area contributed by atoms with Gasteiger partial charge < -0.3 is 14.5 Å². The van der Waals surface area contributed by atoms with Crippen molar-refractivity contribution >= 4 is 11.8 Å². The highest BCUT2D eigenvalue weighted by atomic mass is 19.4. The molecular weight excluding hydrogens is 325 g/mol. The Labute approximate surface area is 140 Å². The lowest BCUT2D eigenvalue weighted by Crippen LogP contribution is -2.55. The first-order chi connectivity index (χ1) is 11.2. The minimum Gasteiger partial charge on any atom is -0.383 e. The van der Waals surface area contributed by atoms with Crippen LogP contribution in [0.5, 0.6) is 0 Å². The number of carbonyl (C=O) groups is 2. The Hall–Kier alpha value is -1.31. The molecule has 24 heavy (non-hydrogen) atoms. The van der Waals surface area contributed by atoms with E-state index < -0.39 is 24.9 Å². The summed E-state index contributed by atoms with van der Waals surface area (Å²) in [4.78, 5) is 27.4. The second-order valence-electron chi connectivity index (χ2n) is 6.84. The molecule has 2 heterocycles. The number of likely N-dealkylation sites (tertiary alicyclic amines) is 2. The zero-order chi connectivity index (χ0) is 17.8. The molecule has 0 aromatic heterocycles. The van der Waals surface area contributed by atoms with Gasteiger partial charge in [0.15, 0.2) is 0 Å². The van der Waals surface area contributed by atoms with Crippen molar-refractivity contribution in [3.63, 3.8) is 0 Å². The Bertz CT molecular complexity index is 470. The summed E-state index contributed by atoms with van der Waals surface area (Å²) in [5, 5.41) is 0. The standard InChI is InChI=1S/C16H25F3N2O3/c1-24-10-9-21-12-15(6-3-13(21)22)5-2-8-20(11-15)14(23)4-7-16(17,18)19/h2-12H2,1H3/t15-/m1/s1. The maximum absolute atomic E-state index is 12.3. The lowest BCUT2D eigenvalue weighted by Gasteiger charge is -2.48. The molecule has 5 nitrogen and oxygen atoms in total. The van der Waals surface area contributed by atoms with Crippen molar-refractivity contribution in [1.82, 2.24) is 9.80 Å². The summed E-state index contributed by atoms with van der Waals surface area (Å²) in [7, 11) is 1.58. The molecule has 2 amide bonds. The van der Waals surface area contributed by atoms with Crippen LogP contribution in [0.1, 0.15) is 38.5 Å². The van der Waals surface area contributed by atoms with Crippen molar-refractivity contribution in [2.45, 2.75) is 44.7 Å². The Morgan fingerprint density at radius 3 is 2.71 bits per heavy atom. The predicted molar refractivity (Wildman–Crippen MR) is 81.2 cm³/mol. The van der Waals surface area contributed by atoms with Crippen molar-refractivity contribution in [2.24, 2.45) is 5.41 Å². The van der Waals surface area contributed by atoms with Gasteiger partial charge in [-0.2, -0.15) is 13.2 Å². The SMILES string of the molecule is COCCN1C[C@]2(CCCN(C(=O)CCC(F)(F)F)C2)CCC1=O. The van der Waals surface area contributed by atoms with Crippen LogP contribution in [0.3, 0.4) is 0 Å². The van der Waals surface area contributed by atoms with Crippen molar-refractivity contribution < 1.29 is 27.5 Å². The molecule has 0 bridgehead atoms.